The molecule has 1 fully saturated rings. The Morgan fingerprint density at radius 3 is 2.58 bits per heavy atom. The van der Waals surface area contributed by atoms with Crippen molar-refractivity contribution in [2.24, 2.45) is 5.41 Å². The van der Waals surface area contributed by atoms with Crippen molar-refractivity contribution in [3.63, 3.8) is 0 Å². The van der Waals surface area contributed by atoms with Gasteiger partial charge in [0.15, 0.2) is 0 Å². The number of hydrogen-bond donors (Lipinski definition) is 1. The molecule has 0 bridgehead atoms. The molecule has 4 heteroatoms. The van der Waals surface area contributed by atoms with Crippen molar-refractivity contribution in [2.45, 2.75) is 52.1 Å². The maximum Gasteiger partial charge on any atom is 0.407 e. The van der Waals surface area contributed by atoms with Crippen molar-refractivity contribution in [3.8, 4) is 0 Å². The second-order valence-electron chi connectivity index (χ2n) is 6.30. The van der Waals surface area contributed by atoms with E-state index in [9.17, 15) is 4.79 Å². The standard InChI is InChI=1S/C15H27NO3/c1-5-6-7-15(8-10-18-11-9-15)12-16-13(17)19-14(2,3)4/h5H,1,6-12H2,2-4H3,(H,16,17). The SMILES string of the molecule is C=CCCC1(CNC(=O)OC(C)(C)C)CCOCC1. The van der Waals surface area contributed by atoms with Crippen molar-refractivity contribution in [1.29, 1.82) is 0 Å². The van der Waals surface area contributed by atoms with Crippen molar-refractivity contribution in [2.75, 3.05) is 19.8 Å². The molecule has 0 aromatic heterocycles. The monoisotopic (exact) mass is 269 g/mol. The van der Waals surface area contributed by atoms with Crippen LogP contribution in [0.4, 0.5) is 4.79 Å². The number of rotatable bonds is 5. The third-order valence-corrected chi connectivity index (χ3v) is 3.44. The third kappa shape index (κ3) is 6.10. The number of ether oxygens (including phenoxy) is 2. The molecule has 0 unspecified atom stereocenters. The number of nitrogens with one attached hydrogen (secondary N) is 1. The maximum absolute atomic E-state index is 11.7. The van der Waals surface area contributed by atoms with E-state index in [4.69, 9.17) is 9.47 Å². The average molecular weight is 269 g/mol. The lowest BCUT2D eigenvalue weighted by atomic mass is 9.76. The van der Waals surface area contributed by atoms with Gasteiger partial charge >= 0.3 is 6.09 Å². The van der Waals surface area contributed by atoms with Crippen molar-refractivity contribution < 1.29 is 14.3 Å². The lowest BCUT2D eigenvalue weighted by Crippen LogP contribution is -2.43. The van der Waals surface area contributed by atoms with Gasteiger partial charge in [-0.2, -0.15) is 0 Å². The van der Waals surface area contributed by atoms with E-state index in [1.54, 1.807) is 0 Å². The molecule has 1 heterocycles. The van der Waals surface area contributed by atoms with Crippen LogP contribution in [0, 0.1) is 5.41 Å². The molecule has 0 aromatic rings. The molecule has 1 saturated heterocycles. The van der Waals surface area contributed by atoms with Crippen LogP contribution in [0.2, 0.25) is 0 Å². The minimum atomic E-state index is -0.450. The number of carbonyl (C=O) groups excluding carboxylic acids is 1. The van der Waals surface area contributed by atoms with E-state index in [1.165, 1.54) is 0 Å². The number of allylic oxidation sites excluding steroid dienone is 1. The highest BCUT2D eigenvalue weighted by atomic mass is 16.6. The van der Waals surface area contributed by atoms with Crippen LogP contribution >= 0.6 is 0 Å². The summed E-state index contributed by atoms with van der Waals surface area (Å²) in [7, 11) is 0. The molecular formula is C15H27NO3. The smallest absolute Gasteiger partial charge is 0.407 e. The lowest BCUT2D eigenvalue weighted by Gasteiger charge is -2.37. The third-order valence-electron chi connectivity index (χ3n) is 3.44. The molecule has 1 aliphatic rings. The van der Waals surface area contributed by atoms with E-state index >= 15 is 0 Å². The zero-order chi connectivity index (χ0) is 14.4. The maximum atomic E-state index is 11.7. The fourth-order valence-electron chi connectivity index (χ4n) is 2.30. The normalized spacial score (nSPS) is 18.7. The van der Waals surface area contributed by atoms with Crippen LogP contribution in [0.1, 0.15) is 46.5 Å². The summed E-state index contributed by atoms with van der Waals surface area (Å²) >= 11 is 0. The first-order valence-corrected chi connectivity index (χ1v) is 7.02. The Labute approximate surface area is 116 Å². The Morgan fingerprint density at radius 2 is 2.05 bits per heavy atom. The van der Waals surface area contributed by atoms with E-state index in [-0.39, 0.29) is 11.5 Å². The van der Waals surface area contributed by atoms with E-state index in [2.05, 4.69) is 11.9 Å². The van der Waals surface area contributed by atoms with Gasteiger partial charge in [-0.05, 0) is 51.9 Å². The first-order chi connectivity index (χ1) is 8.87. The van der Waals surface area contributed by atoms with Crippen molar-refractivity contribution >= 4 is 6.09 Å². The summed E-state index contributed by atoms with van der Waals surface area (Å²) in [6, 6.07) is 0. The van der Waals surface area contributed by atoms with Gasteiger partial charge in [-0.1, -0.05) is 6.08 Å². The molecule has 110 valence electrons. The van der Waals surface area contributed by atoms with Crippen LogP contribution in [0.15, 0.2) is 12.7 Å². The minimum absolute atomic E-state index is 0.128. The second kappa shape index (κ2) is 6.94. The van der Waals surface area contributed by atoms with Gasteiger partial charge in [-0.25, -0.2) is 4.79 Å². The number of carbonyl (C=O) groups is 1. The molecular weight excluding hydrogens is 242 g/mol. The van der Waals surface area contributed by atoms with E-state index in [1.807, 2.05) is 26.8 Å². The quantitative estimate of drug-likeness (QED) is 0.779. The average Bonchev–Trinajstić information content (AvgIpc) is 2.33. The van der Waals surface area contributed by atoms with Gasteiger partial charge in [-0.3, -0.25) is 0 Å². The lowest BCUT2D eigenvalue weighted by molar-refractivity contribution is 0.00637. The minimum Gasteiger partial charge on any atom is -0.444 e. The predicted octanol–water partition coefficient (Wildman–Crippen LogP) is 3.27. The molecule has 0 aliphatic carbocycles. The van der Waals surface area contributed by atoms with Gasteiger partial charge in [0.1, 0.15) is 5.60 Å². The zero-order valence-corrected chi connectivity index (χ0v) is 12.5. The van der Waals surface area contributed by atoms with Crippen LogP contribution in [0.3, 0.4) is 0 Å². The summed E-state index contributed by atoms with van der Waals surface area (Å²) in [6.07, 6.45) is 5.57. The molecule has 1 N–H and O–H groups in total. The second-order valence-corrected chi connectivity index (χ2v) is 6.30. The van der Waals surface area contributed by atoms with Gasteiger partial charge in [0.2, 0.25) is 0 Å². The van der Waals surface area contributed by atoms with Crippen LogP contribution < -0.4 is 5.32 Å². The summed E-state index contributed by atoms with van der Waals surface area (Å²) in [6.45, 7) is 11.6. The molecule has 1 aliphatic heterocycles. The van der Waals surface area contributed by atoms with Crippen LogP contribution in [-0.2, 0) is 9.47 Å². The molecule has 4 nitrogen and oxygen atoms in total. The fraction of sp³-hybridized carbons (Fsp3) is 0.800. The number of hydrogen-bond acceptors (Lipinski definition) is 3. The highest BCUT2D eigenvalue weighted by molar-refractivity contribution is 5.67. The number of amides is 1. The van der Waals surface area contributed by atoms with Crippen molar-refractivity contribution in [1.82, 2.24) is 5.32 Å². The van der Waals surface area contributed by atoms with Crippen LogP contribution in [-0.4, -0.2) is 31.5 Å². The van der Waals surface area contributed by atoms with Gasteiger partial charge in [0.25, 0.3) is 0 Å². The van der Waals surface area contributed by atoms with Crippen LogP contribution in [0.25, 0.3) is 0 Å². The summed E-state index contributed by atoms with van der Waals surface area (Å²) in [5.41, 5.74) is -0.322. The first kappa shape index (κ1) is 16.0. The van der Waals surface area contributed by atoms with Gasteiger partial charge in [-0.15, -0.1) is 6.58 Å². The van der Waals surface area contributed by atoms with Crippen LogP contribution in [0.5, 0.6) is 0 Å². The summed E-state index contributed by atoms with van der Waals surface area (Å²) in [5, 5.41) is 2.91. The Hall–Kier alpha value is -1.03. The largest absolute Gasteiger partial charge is 0.444 e. The summed E-state index contributed by atoms with van der Waals surface area (Å²) in [4.78, 5) is 11.7. The van der Waals surface area contributed by atoms with Gasteiger partial charge in [0.05, 0.1) is 0 Å². The van der Waals surface area contributed by atoms with E-state index in [0.29, 0.717) is 6.54 Å². The zero-order valence-electron chi connectivity index (χ0n) is 12.5. The van der Waals surface area contributed by atoms with Gasteiger partial charge < -0.3 is 14.8 Å². The molecule has 19 heavy (non-hydrogen) atoms. The molecule has 0 atom stereocenters. The van der Waals surface area contributed by atoms with Gasteiger partial charge in [0, 0.05) is 19.8 Å². The van der Waals surface area contributed by atoms with Crippen molar-refractivity contribution in [3.05, 3.63) is 12.7 Å². The Kier molecular flexibility index (Phi) is 5.85. The summed E-state index contributed by atoms with van der Waals surface area (Å²) in [5.74, 6) is 0. The first-order valence-electron chi connectivity index (χ1n) is 7.02. The highest BCUT2D eigenvalue weighted by Crippen LogP contribution is 2.34. The van der Waals surface area contributed by atoms with E-state index in [0.717, 1.165) is 38.9 Å². The fourth-order valence-corrected chi connectivity index (χ4v) is 2.30. The Morgan fingerprint density at radius 1 is 1.42 bits per heavy atom. The highest BCUT2D eigenvalue weighted by Gasteiger charge is 2.32. The Bertz CT molecular complexity index is 301. The topological polar surface area (TPSA) is 47.6 Å². The van der Waals surface area contributed by atoms with E-state index < -0.39 is 5.60 Å². The Balaban J connectivity index is 2.48. The predicted molar refractivity (Wildman–Crippen MR) is 76.2 cm³/mol. The number of alkyl carbamates (subject to hydrolysis) is 1. The molecule has 0 radical (unpaired) electrons. The molecule has 1 amide bonds. The molecule has 0 saturated carbocycles. The summed E-state index contributed by atoms with van der Waals surface area (Å²) < 4.78 is 10.7. The molecule has 1 rings (SSSR count). The molecule has 0 aromatic carbocycles. The molecule has 0 spiro atoms.